The number of carbonyl (C=O) groups excluding carboxylic acids is 1. The first kappa shape index (κ1) is 33.7. The highest BCUT2D eigenvalue weighted by Gasteiger charge is 2.45. The second-order valence-corrected chi connectivity index (χ2v) is 11.8. The number of rotatable bonds is 16. The Labute approximate surface area is 246 Å². The molecule has 0 aromatic heterocycles. The number of sulfonamides is 1. The van der Waals surface area contributed by atoms with Crippen LogP contribution in [-0.2, 0) is 19.5 Å². The van der Waals surface area contributed by atoms with Gasteiger partial charge in [0.25, 0.3) is 0 Å². The van der Waals surface area contributed by atoms with Gasteiger partial charge in [0.1, 0.15) is 35.1 Å². The molecular weight excluding hydrogens is 568 g/mol. The highest BCUT2D eigenvalue weighted by molar-refractivity contribution is 7.89. The fourth-order valence-corrected chi connectivity index (χ4v) is 5.66. The Balaban J connectivity index is 2.05. The summed E-state index contributed by atoms with van der Waals surface area (Å²) in [5.74, 6) is -0.513. The first-order chi connectivity index (χ1) is 20.1. The van der Waals surface area contributed by atoms with Crippen molar-refractivity contribution in [2.45, 2.75) is 87.9 Å². The van der Waals surface area contributed by atoms with Crippen molar-refractivity contribution in [1.82, 2.24) is 4.72 Å². The van der Waals surface area contributed by atoms with Gasteiger partial charge in [0, 0.05) is 6.54 Å². The Morgan fingerprint density at radius 1 is 0.952 bits per heavy atom. The molecular formula is C29H42N2O10S. The van der Waals surface area contributed by atoms with Gasteiger partial charge in [0.05, 0.1) is 24.5 Å². The molecule has 3 rings (SSSR count). The van der Waals surface area contributed by atoms with Gasteiger partial charge in [-0.3, -0.25) is 0 Å². The first-order valence-corrected chi connectivity index (χ1v) is 15.8. The van der Waals surface area contributed by atoms with Crippen LogP contribution in [0.3, 0.4) is 0 Å². The van der Waals surface area contributed by atoms with Crippen LogP contribution in [0, 0.1) is 0 Å². The second-order valence-electron chi connectivity index (χ2n) is 10.1. The van der Waals surface area contributed by atoms with Crippen molar-refractivity contribution in [1.29, 1.82) is 0 Å². The van der Waals surface area contributed by atoms with E-state index in [1.807, 2.05) is 6.92 Å². The summed E-state index contributed by atoms with van der Waals surface area (Å²) >= 11 is 0. The molecule has 1 aliphatic rings. The Kier molecular flexibility index (Phi) is 13.0. The molecule has 2 aromatic carbocycles. The van der Waals surface area contributed by atoms with Crippen LogP contribution in [0.2, 0.25) is 0 Å². The number of nitrogens with one attached hydrogen (secondary N) is 2. The van der Waals surface area contributed by atoms with E-state index in [-0.39, 0.29) is 23.6 Å². The van der Waals surface area contributed by atoms with Gasteiger partial charge in [-0.2, -0.15) is 4.72 Å². The fraction of sp³-hybridized carbons (Fsp3) is 0.552. The molecule has 1 saturated heterocycles. The van der Waals surface area contributed by atoms with E-state index in [2.05, 4.69) is 17.0 Å². The third-order valence-electron chi connectivity index (χ3n) is 6.78. The zero-order valence-electron chi connectivity index (χ0n) is 23.9. The van der Waals surface area contributed by atoms with Crippen LogP contribution in [0.4, 0.5) is 5.69 Å². The zero-order valence-corrected chi connectivity index (χ0v) is 24.8. The summed E-state index contributed by atoms with van der Waals surface area (Å²) in [5, 5.41) is 43.4. The molecule has 0 spiro atoms. The molecule has 6 N–H and O–H groups in total. The molecule has 1 aliphatic heterocycles. The lowest BCUT2D eigenvalue weighted by atomic mass is 9.99. The van der Waals surface area contributed by atoms with E-state index < -0.39 is 58.1 Å². The minimum absolute atomic E-state index is 0.0425. The zero-order chi connectivity index (χ0) is 30.7. The van der Waals surface area contributed by atoms with E-state index in [1.54, 1.807) is 30.3 Å². The Morgan fingerprint density at radius 2 is 1.67 bits per heavy atom. The summed E-state index contributed by atoms with van der Waals surface area (Å²) in [6.45, 7) is 3.95. The molecule has 1 unspecified atom stereocenters. The molecule has 0 amide bonds. The minimum atomic E-state index is -4.64. The summed E-state index contributed by atoms with van der Waals surface area (Å²) in [4.78, 5) is 12.6. The summed E-state index contributed by atoms with van der Waals surface area (Å²) in [6.07, 6.45) is -3.23. The molecule has 0 aliphatic carbocycles. The normalized spacial score (nSPS) is 22.5. The van der Waals surface area contributed by atoms with E-state index >= 15 is 0 Å². The number of hydrogen-bond acceptors (Lipinski definition) is 11. The quantitative estimate of drug-likeness (QED) is 0.121. The monoisotopic (exact) mass is 610 g/mol. The summed E-state index contributed by atoms with van der Waals surface area (Å²) in [5.41, 5.74) is 0.181. The summed E-state index contributed by atoms with van der Waals surface area (Å²) < 4.78 is 46.8. The van der Waals surface area contributed by atoms with Crippen molar-refractivity contribution >= 4 is 21.7 Å². The number of hydrogen-bond donors (Lipinski definition) is 6. The van der Waals surface area contributed by atoms with Crippen molar-refractivity contribution in [3.8, 4) is 11.5 Å². The van der Waals surface area contributed by atoms with Crippen molar-refractivity contribution in [2.24, 2.45) is 0 Å². The predicted molar refractivity (Wildman–Crippen MR) is 155 cm³/mol. The third-order valence-corrected chi connectivity index (χ3v) is 8.21. The molecule has 0 saturated carbocycles. The number of carbonyl (C=O) groups is 1. The molecule has 12 nitrogen and oxygen atoms in total. The molecule has 13 heteroatoms. The number of benzene rings is 2. The minimum Gasteiger partial charge on any atom is -0.462 e. The second kappa shape index (κ2) is 16.2. The molecule has 42 heavy (non-hydrogen) atoms. The molecule has 1 heterocycles. The van der Waals surface area contributed by atoms with E-state index in [0.717, 1.165) is 38.2 Å². The maximum Gasteiger partial charge on any atom is 0.338 e. The van der Waals surface area contributed by atoms with Crippen molar-refractivity contribution < 1.29 is 47.8 Å². The van der Waals surface area contributed by atoms with Crippen LogP contribution in [0.15, 0.2) is 47.4 Å². The number of anilines is 1. The van der Waals surface area contributed by atoms with Crippen LogP contribution < -0.4 is 14.8 Å². The largest absolute Gasteiger partial charge is 0.462 e. The van der Waals surface area contributed by atoms with Gasteiger partial charge in [-0.1, -0.05) is 57.7 Å². The van der Waals surface area contributed by atoms with Gasteiger partial charge in [-0.05, 0) is 37.1 Å². The Morgan fingerprint density at radius 3 is 2.33 bits per heavy atom. The van der Waals surface area contributed by atoms with Crippen LogP contribution >= 0.6 is 0 Å². The third kappa shape index (κ3) is 8.86. The van der Waals surface area contributed by atoms with Gasteiger partial charge < -0.3 is 40.0 Å². The van der Waals surface area contributed by atoms with Gasteiger partial charge in [-0.15, -0.1) is 0 Å². The van der Waals surface area contributed by atoms with E-state index in [9.17, 15) is 33.6 Å². The molecule has 2 aromatic rings. The van der Waals surface area contributed by atoms with Gasteiger partial charge in [-0.25, -0.2) is 13.2 Å². The lowest BCUT2D eigenvalue weighted by molar-refractivity contribution is -0.231. The fourth-order valence-electron chi connectivity index (χ4n) is 4.35. The Bertz CT molecular complexity index is 1240. The lowest BCUT2D eigenvalue weighted by Crippen LogP contribution is -2.63. The van der Waals surface area contributed by atoms with E-state index in [0.29, 0.717) is 18.7 Å². The van der Waals surface area contributed by atoms with Crippen LogP contribution in [0.5, 0.6) is 11.5 Å². The average molecular weight is 611 g/mol. The number of esters is 1. The molecule has 5 atom stereocenters. The molecule has 0 bridgehead atoms. The summed E-state index contributed by atoms with van der Waals surface area (Å²) in [7, 11) is -4.64. The number of ether oxygens (including phenoxy) is 3. The standard InChI is InChI=1S/C29H42N2O10S/c1-3-5-7-11-15-39-29(36)19-16-21(30-14-6-4-2)27(40-20-12-9-8-10-13-20)23(17-19)42(37,38)31-28-26(35)25(34)24(33)22(18-32)41-28/h8-10,12-13,16-17,22,24-26,28,30-35H,3-7,11,14-15,18H2,1-2H3/t22-,24-,25+,26-,28?/m1/s1. The number of para-hydroxylation sites is 1. The van der Waals surface area contributed by atoms with Crippen LogP contribution in [0.1, 0.15) is 62.7 Å². The van der Waals surface area contributed by atoms with Gasteiger partial charge in [0.15, 0.2) is 12.0 Å². The average Bonchev–Trinajstić information content (AvgIpc) is 2.98. The van der Waals surface area contributed by atoms with Crippen molar-refractivity contribution in [3.05, 3.63) is 48.0 Å². The van der Waals surface area contributed by atoms with Gasteiger partial charge >= 0.3 is 5.97 Å². The van der Waals surface area contributed by atoms with Crippen LogP contribution in [-0.4, -0.2) is 85.2 Å². The Hall–Kier alpha value is -2.78. The van der Waals surface area contributed by atoms with Crippen molar-refractivity contribution in [3.63, 3.8) is 0 Å². The maximum atomic E-state index is 13.9. The predicted octanol–water partition coefficient (Wildman–Crippen LogP) is 2.51. The van der Waals surface area contributed by atoms with Crippen LogP contribution in [0.25, 0.3) is 0 Å². The SMILES string of the molecule is CCCCCCOC(=O)c1cc(NCCCC)c(Oc2ccccc2)c(S(=O)(=O)NC2O[C@H](CO)[C@@H](O)[C@H](O)[C@H]2O)c1. The molecule has 234 valence electrons. The molecule has 0 radical (unpaired) electrons. The van der Waals surface area contributed by atoms with E-state index in [1.165, 1.54) is 6.07 Å². The van der Waals surface area contributed by atoms with E-state index in [4.69, 9.17) is 14.2 Å². The maximum absolute atomic E-state index is 13.9. The lowest BCUT2D eigenvalue weighted by Gasteiger charge is -2.40. The topological polar surface area (TPSA) is 184 Å². The van der Waals surface area contributed by atoms with Crippen molar-refractivity contribution in [2.75, 3.05) is 25.1 Å². The highest BCUT2D eigenvalue weighted by Crippen LogP contribution is 2.38. The van der Waals surface area contributed by atoms with Gasteiger partial charge in [0.2, 0.25) is 10.0 Å². The first-order valence-electron chi connectivity index (χ1n) is 14.3. The number of unbranched alkanes of at least 4 members (excludes halogenated alkanes) is 4. The summed E-state index contributed by atoms with van der Waals surface area (Å²) in [6, 6.07) is 11.0. The molecule has 1 fully saturated rings. The smallest absolute Gasteiger partial charge is 0.338 e. The number of aliphatic hydroxyl groups is 4. The highest BCUT2D eigenvalue weighted by atomic mass is 32.2. The number of aliphatic hydroxyl groups excluding tert-OH is 4.